The van der Waals surface area contributed by atoms with Crippen LogP contribution in [0.15, 0.2) is 24.3 Å². The summed E-state index contributed by atoms with van der Waals surface area (Å²) in [4.78, 5) is 11.9. The maximum atomic E-state index is 11.9. The number of aromatic hydroxyl groups is 1. The molecule has 2 N–H and O–H groups in total. The molecule has 1 fully saturated rings. The van der Waals surface area contributed by atoms with Gasteiger partial charge in [-0.1, -0.05) is 112 Å². The first-order chi connectivity index (χ1) is 15.2. The number of rotatable bonds is 16. The normalized spacial score (nSPS) is 18.7. The molecule has 0 spiro atoms. The highest BCUT2D eigenvalue weighted by Gasteiger charge is 2.20. The van der Waals surface area contributed by atoms with E-state index in [-0.39, 0.29) is 11.7 Å². The van der Waals surface area contributed by atoms with Gasteiger partial charge in [0.2, 0.25) is 5.91 Å². The first kappa shape index (κ1) is 26.5. The average molecular weight is 542 g/mol. The van der Waals surface area contributed by atoms with Gasteiger partial charge in [-0.3, -0.25) is 4.79 Å². The first-order valence-corrected chi connectivity index (χ1v) is 14.3. The van der Waals surface area contributed by atoms with E-state index in [0.717, 1.165) is 30.4 Å². The third-order valence-corrected chi connectivity index (χ3v) is 7.64. The zero-order valence-corrected chi connectivity index (χ0v) is 21.6. The number of halogens is 1. The SMILES string of the molecule is O=C(CCCCCCCCCC1CCC(CCCCCI)CC1)Nc1ccc(O)cc1. The van der Waals surface area contributed by atoms with E-state index in [4.69, 9.17) is 0 Å². The van der Waals surface area contributed by atoms with Crippen LogP contribution in [0.2, 0.25) is 0 Å². The number of anilines is 1. The topological polar surface area (TPSA) is 49.3 Å². The predicted octanol–water partition coefficient (Wildman–Crippen LogP) is 8.64. The molecule has 1 amide bonds. The van der Waals surface area contributed by atoms with E-state index in [1.807, 2.05) is 0 Å². The van der Waals surface area contributed by atoms with E-state index < -0.39 is 0 Å². The van der Waals surface area contributed by atoms with Crippen molar-refractivity contribution in [3.63, 3.8) is 0 Å². The van der Waals surface area contributed by atoms with Crippen LogP contribution < -0.4 is 5.32 Å². The summed E-state index contributed by atoms with van der Waals surface area (Å²) >= 11 is 2.50. The summed E-state index contributed by atoms with van der Waals surface area (Å²) in [6, 6.07) is 6.65. The van der Waals surface area contributed by atoms with E-state index >= 15 is 0 Å². The molecule has 3 nitrogen and oxygen atoms in total. The lowest BCUT2D eigenvalue weighted by Crippen LogP contribution is -2.14. The third kappa shape index (κ3) is 12.7. The van der Waals surface area contributed by atoms with Gasteiger partial charge in [-0.05, 0) is 53.4 Å². The number of hydrogen-bond acceptors (Lipinski definition) is 2. The summed E-state index contributed by atoms with van der Waals surface area (Å²) in [6.07, 6.45) is 22.6. The minimum Gasteiger partial charge on any atom is -0.508 e. The van der Waals surface area contributed by atoms with Crippen LogP contribution in [0.4, 0.5) is 5.69 Å². The molecule has 4 heteroatoms. The van der Waals surface area contributed by atoms with Gasteiger partial charge in [0, 0.05) is 12.1 Å². The van der Waals surface area contributed by atoms with Crippen molar-refractivity contribution in [1.82, 2.24) is 0 Å². The van der Waals surface area contributed by atoms with E-state index in [1.165, 1.54) is 94.3 Å². The average Bonchev–Trinajstić information content (AvgIpc) is 2.78. The van der Waals surface area contributed by atoms with Crippen LogP contribution in [-0.2, 0) is 4.79 Å². The van der Waals surface area contributed by atoms with Gasteiger partial charge in [0.1, 0.15) is 5.75 Å². The lowest BCUT2D eigenvalue weighted by molar-refractivity contribution is -0.116. The quantitative estimate of drug-likeness (QED) is 0.0953. The van der Waals surface area contributed by atoms with Crippen LogP contribution in [-0.4, -0.2) is 15.4 Å². The molecular weight excluding hydrogens is 497 g/mol. The summed E-state index contributed by atoms with van der Waals surface area (Å²) in [6.45, 7) is 0. The minimum absolute atomic E-state index is 0.0704. The Balaban J connectivity index is 1.36. The van der Waals surface area contributed by atoms with Crippen molar-refractivity contribution >= 4 is 34.2 Å². The highest BCUT2D eigenvalue weighted by molar-refractivity contribution is 14.1. The number of carbonyl (C=O) groups is 1. The van der Waals surface area contributed by atoms with Crippen LogP contribution in [0, 0.1) is 11.8 Å². The van der Waals surface area contributed by atoms with Crippen LogP contribution >= 0.6 is 22.6 Å². The minimum atomic E-state index is 0.0704. The summed E-state index contributed by atoms with van der Waals surface area (Å²) in [5.41, 5.74) is 0.753. The third-order valence-electron chi connectivity index (χ3n) is 6.88. The second-order valence-corrected chi connectivity index (χ2v) is 10.6. The number of amides is 1. The Labute approximate surface area is 204 Å². The van der Waals surface area contributed by atoms with Crippen molar-refractivity contribution in [1.29, 1.82) is 0 Å². The van der Waals surface area contributed by atoms with Gasteiger partial charge in [0.15, 0.2) is 0 Å². The fourth-order valence-electron chi connectivity index (χ4n) is 4.88. The molecule has 0 radical (unpaired) electrons. The van der Waals surface area contributed by atoms with Crippen molar-refractivity contribution in [2.24, 2.45) is 11.8 Å². The van der Waals surface area contributed by atoms with Gasteiger partial charge in [0.05, 0.1) is 0 Å². The van der Waals surface area contributed by atoms with Crippen LogP contribution in [0.3, 0.4) is 0 Å². The molecule has 1 saturated carbocycles. The Hall–Kier alpha value is -0.780. The summed E-state index contributed by atoms with van der Waals surface area (Å²) in [7, 11) is 0. The number of unbranched alkanes of at least 4 members (excludes halogenated alkanes) is 8. The molecule has 1 aliphatic carbocycles. The number of phenols is 1. The molecule has 0 heterocycles. The van der Waals surface area contributed by atoms with Gasteiger partial charge in [-0.2, -0.15) is 0 Å². The van der Waals surface area contributed by atoms with Gasteiger partial charge in [-0.25, -0.2) is 0 Å². The Morgan fingerprint density at radius 1 is 0.774 bits per heavy atom. The first-order valence-electron chi connectivity index (χ1n) is 12.8. The van der Waals surface area contributed by atoms with E-state index in [1.54, 1.807) is 24.3 Å². The Kier molecular flexibility index (Phi) is 14.3. The molecule has 0 saturated heterocycles. The maximum absolute atomic E-state index is 11.9. The zero-order chi connectivity index (χ0) is 22.2. The lowest BCUT2D eigenvalue weighted by atomic mass is 9.78. The molecule has 0 aliphatic heterocycles. The number of benzene rings is 1. The van der Waals surface area contributed by atoms with Crippen molar-refractivity contribution in [2.75, 3.05) is 9.74 Å². The molecule has 176 valence electrons. The predicted molar refractivity (Wildman–Crippen MR) is 141 cm³/mol. The summed E-state index contributed by atoms with van der Waals surface area (Å²) in [5.74, 6) is 2.34. The second-order valence-electron chi connectivity index (χ2n) is 9.53. The van der Waals surface area contributed by atoms with Crippen molar-refractivity contribution < 1.29 is 9.90 Å². The van der Waals surface area contributed by atoms with Crippen molar-refractivity contribution in [3.8, 4) is 5.75 Å². The van der Waals surface area contributed by atoms with E-state index in [9.17, 15) is 9.90 Å². The highest BCUT2D eigenvalue weighted by atomic mass is 127. The van der Waals surface area contributed by atoms with E-state index in [0.29, 0.717) is 6.42 Å². The second kappa shape index (κ2) is 16.8. The van der Waals surface area contributed by atoms with Crippen molar-refractivity contribution in [3.05, 3.63) is 24.3 Å². The molecule has 1 aliphatic rings. The maximum Gasteiger partial charge on any atom is 0.224 e. The molecular formula is C27H44INO2. The van der Waals surface area contributed by atoms with Crippen LogP contribution in [0.25, 0.3) is 0 Å². The number of phenolic OH excluding ortho intramolecular Hbond substituents is 1. The molecule has 2 rings (SSSR count). The smallest absolute Gasteiger partial charge is 0.224 e. The van der Waals surface area contributed by atoms with Crippen LogP contribution in [0.1, 0.15) is 109 Å². The summed E-state index contributed by atoms with van der Waals surface area (Å²) < 4.78 is 1.32. The van der Waals surface area contributed by atoms with E-state index in [2.05, 4.69) is 27.9 Å². The van der Waals surface area contributed by atoms with Gasteiger partial charge < -0.3 is 10.4 Å². The highest BCUT2D eigenvalue weighted by Crippen LogP contribution is 2.34. The Morgan fingerprint density at radius 2 is 1.26 bits per heavy atom. The number of alkyl halides is 1. The Bertz CT molecular complexity index is 581. The number of hydrogen-bond donors (Lipinski definition) is 2. The molecule has 1 aromatic carbocycles. The molecule has 0 atom stereocenters. The Morgan fingerprint density at radius 3 is 1.81 bits per heavy atom. The number of carbonyl (C=O) groups excluding carboxylic acids is 1. The summed E-state index contributed by atoms with van der Waals surface area (Å²) in [5, 5.41) is 12.2. The molecule has 0 bridgehead atoms. The van der Waals surface area contributed by atoms with Crippen molar-refractivity contribution in [2.45, 2.75) is 109 Å². The molecule has 31 heavy (non-hydrogen) atoms. The zero-order valence-electron chi connectivity index (χ0n) is 19.4. The standard InChI is InChI=1S/C27H44INO2/c28-22-10-6-8-12-24-16-14-23(15-17-24)11-7-4-2-1-3-5-9-13-27(31)29-25-18-20-26(30)21-19-25/h18-21,23-24,30H,1-17,22H2,(H,29,31). The monoisotopic (exact) mass is 541 g/mol. The number of nitrogens with one attached hydrogen (secondary N) is 1. The van der Waals surface area contributed by atoms with Gasteiger partial charge in [0.25, 0.3) is 0 Å². The molecule has 1 aromatic rings. The van der Waals surface area contributed by atoms with Crippen LogP contribution in [0.5, 0.6) is 5.75 Å². The van der Waals surface area contributed by atoms with Gasteiger partial charge in [-0.15, -0.1) is 0 Å². The van der Waals surface area contributed by atoms with Gasteiger partial charge >= 0.3 is 0 Å². The molecule has 0 aromatic heterocycles. The largest absolute Gasteiger partial charge is 0.508 e. The lowest BCUT2D eigenvalue weighted by Gasteiger charge is -2.28. The molecule has 0 unspecified atom stereocenters. The fourth-order valence-corrected chi connectivity index (χ4v) is 5.42. The fraction of sp³-hybridized carbons (Fsp3) is 0.741.